The van der Waals surface area contributed by atoms with Gasteiger partial charge >= 0.3 is 0 Å². The monoisotopic (exact) mass is 492 g/mol. The first-order chi connectivity index (χ1) is 13.2. The average molecular weight is 492 g/mol. The topological polar surface area (TPSA) is 73.9 Å². The van der Waals surface area contributed by atoms with E-state index in [9.17, 15) is 5.11 Å². The SMILES string of the molecule is I.NC(=NCC(O)CN1CCc2ccccc2C1)Nc1ccc2c(c1)CCC2. The number of aliphatic imine (C=N–C) groups is 1. The molecular formula is C22H29IN4O. The van der Waals surface area contributed by atoms with Crippen LogP contribution in [0.1, 0.15) is 28.7 Å². The zero-order chi connectivity index (χ0) is 18.6. The lowest BCUT2D eigenvalue weighted by atomic mass is 10.00. The molecule has 0 spiro atoms. The highest BCUT2D eigenvalue weighted by molar-refractivity contribution is 14.0. The van der Waals surface area contributed by atoms with Gasteiger partial charge in [-0.05, 0) is 60.1 Å². The first-order valence-corrected chi connectivity index (χ1v) is 9.83. The Hall–Kier alpha value is -1.64. The van der Waals surface area contributed by atoms with Crippen molar-refractivity contribution in [3.63, 3.8) is 0 Å². The van der Waals surface area contributed by atoms with Crippen molar-refractivity contribution in [3.8, 4) is 0 Å². The molecule has 1 heterocycles. The fourth-order valence-corrected chi connectivity index (χ4v) is 4.11. The van der Waals surface area contributed by atoms with E-state index in [2.05, 4.69) is 51.6 Å². The number of anilines is 1. The number of nitrogens with zero attached hydrogens (tertiary/aromatic N) is 2. The minimum absolute atomic E-state index is 0. The summed E-state index contributed by atoms with van der Waals surface area (Å²) in [6.45, 7) is 2.78. The number of fused-ring (bicyclic) bond motifs is 2. The molecule has 0 radical (unpaired) electrons. The normalized spacial score (nSPS) is 17.4. The highest BCUT2D eigenvalue weighted by Crippen LogP contribution is 2.24. The summed E-state index contributed by atoms with van der Waals surface area (Å²) >= 11 is 0. The molecule has 4 N–H and O–H groups in total. The van der Waals surface area contributed by atoms with E-state index in [4.69, 9.17) is 5.73 Å². The second-order valence-electron chi connectivity index (χ2n) is 7.60. The number of halogens is 1. The van der Waals surface area contributed by atoms with Crippen molar-refractivity contribution in [3.05, 3.63) is 64.7 Å². The summed E-state index contributed by atoms with van der Waals surface area (Å²) in [4.78, 5) is 6.61. The molecule has 6 heteroatoms. The van der Waals surface area contributed by atoms with Crippen molar-refractivity contribution in [2.24, 2.45) is 10.7 Å². The van der Waals surface area contributed by atoms with Crippen LogP contribution in [0.4, 0.5) is 5.69 Å². The quantitative estimate of drug-likeness (QED) is 0.341. The average Bonchev–Trinajstić information content (AvgIpc) is 3.14. The van der Waals surface area contributed by atoms with E-state index in [1.54, 1.807) is 0 Å². The summed E-state index contributed by atoms with van der Waals surface area (Å²) in [7, 11) is 0. The van der Waals surface area contributed by atoms with E-state index < -0.39 is 6.10 Å². The maximum Gasteiger partial charge on any atom is 0.193 e. The molecule has 0 saturated heterocycles. The van der Waals surface area contributed by atoms with Crippen molar-refractivity contribution >= 4 is 35.6 Å². The fraction of sp³-hybridized carbons (Fsp3) is 0.409. The van der Waals surface area contributed by atoms with Crippen LogP contribution in [0.3, 0.4) is 0 Å². The number of nitrogens with one attached hydrogen (secondary N) is 1. The van der Waals surface area contributed by atoms with Crippen LogP contribution in [0.2, 0.25) is 0 Å². The largest absolute Gasteiger partial charge is 0.390 e. The van der Waals surface area contributed by atoms with Gasteiger partial charge in [0.05, 0.1) is 12.6 Å². The lowest BCUT2D eigenvalue weighted by molar-refractivity contribution is 0.112. The van der Waals surface area contributed by atoms with Gasteiger partial charge in [-0.2, -0.15) is 0 Å². The van der Waals surface area contributed by atoms with Crippen molar-refractivity contribution in [1.29, 1.82) is 0 Å². The predicted octanol–water partition coefficient (Wildman–Crippen LogP) is 2.94. The number of benzene rings is 2. The Bertz CT molecular complexity index is 839. The zero-order valence-corrected chi connectivity index (χ0v) is 18.4. The van der Waals surface area contributed by atoms with Crippen LogP contribution < -0.4 is 11.1 Å². The zero-order valence-electron chi connectivity index (χ0n) is 16.1. The molecule has 2 aromatic rings. The van der Waals surface area contributed by atoms with Gasteiger partial charge in [-0.15, -0.1) is 24.0 Å². The molecule has 1 atom stereocenters. The summed E-state index contributed by atoms with van der Waals surface area (Å²) < 4.78 is 0. The molecule has 1 unspecified atom stereocenters. The molecule has 0 fully saturated rings. The second kappa shape index (κ2) is 9.71. The highest BCUT2D eigenvalue weighted by Gasteiger charge is 2.18. The highest BCUT2D eigenvalue weighted by atomic mass is 127. The molecule has 1 aliphatic carbocycles. The van der Waals surface area contributed by atoms with Crippen LogP contribution >= 0.6 is 24.0 Å². The number of hydrogen-bond donors (Lipinski definition) is 3. The molecule has 0 aromatic heterocycles. The van der Waals surface area contributed by atoms with Gasteiger partial charge in [-0.3, -0.25) is 9.89 Å². The van der Waals surface area contributed by atoms with Crippen LogP contribution in [0.25, 0.3) is 0 Å². The van der Waals surface area contributed by atoms with Gasteiger partial charge in [0, 0.05) is 25.3 Å². The number of rotatable bonds is 5. The first-order valence-electron chi connectivity index (χ1n) is 9.83. The van der Waals surface area contributed by atoms with Crippen molar-refractivity contribution in [2.45, 2.75) is 38.3 Å². The number of aliphatic hydroxyl groups excluding tert-OH is 1. The molecule has 0 bridgehead atoms. The second-order valence-corrected chi connectivity index (χ2v) is 7.60. The summed E-state index contributed by atoms with van der Waals surface area (Å²) in [6.07, 6.45) is 4.06. The molecule has 2 aromatic carbocycles. The Kier molecular flexibility index (Phi) is 7.31. The molecule has 2 aliphatic rings. The van der Waals surface area contributed by atoms with Crippen LogP contribution in [0.5, 0.6) is 0 Å². The number of nitrogens with two attached hydrogens (primary N) is 1. The molecule has 1 aliphatic heterocycles. The molecule has 150 valence electrons. The van der Waals surface area contributed by atoms with E-state index >= 15 is 0 Å². The molecular weight excluding hydrogens is 463 g/mol. The lowest BCUT2D eigenvalue weighted by Crippen LogP contribution is -2.38. The number of β-amino-alcohol motifs (C(OH)–C–C–N with tert-alkyl or cyclic N) is 1. The summed E-state index contributed by atoms with van der Waals surface area (Å²) in [5, 5.41) is 13.5. The van der Waals surface area contributed by atoms with Gasteiger partial charge in [-0.1, -0.05) is 30.3 Å². The Morgan fingerprint density at radius 1 is 1.07 bits per heavy atom. The molecule has 5 nitrogen and oxygen atoms in total. The van der Waals surface area contributed by atoms with E-state index in [1.165, 1.54) is 35.1 Å². The number of guanidine groups is 1. The van der Waals surface area contributed by atoms with Crippen molar-refractivity contribution in [2.75, 3.05) is 25.0 Å². The maximum atomic E-state index is 10.4. The van der Waals surface area contributed by atoms with Gasteiger partial charge in [0.25, 0.3) is 0 Å². The standard InChI is InChI=1S/C22H28N4O.HI/c23-22(25-20-9-8-16-6-3-7-18(16)12-20)24-13-21(27)15-26-11-10-17-4-1-2-5-19(17)14-26;/h1-2,4-5,8-9,12,21,27H,3,6-7,10-11,13-15H2,(H3,23,24,25);1H. The minimum atomic E-state index is -0.518. The number of aryl methyl sites for hydroxylation is 2. The predicted molar refractivity (Wildman–Crippen MR) is 125 cm³/mol. The Balaban J connectivity index is 0.00000225. The van der Waals surface area contributed by atoms with Gasteiger partial charge in [0.1, 0.15) is 0 Å². The Labute approximate surface area is 184 Å². The van der Waals surface area contributed by atoms with Crippen LogP contribution in [0.15, 0.2) is 47.5 Å². The van der Waals surface area contributed by atoms with Gasteiger partial charge in [0.15, 0.2) is 5.96 Å². The Morgan fingerprint density at radius 2 is 1.82 bits per heavy atom. The molecule has 4 rings (SSSR count). The molecule has 0 amide bonds. The smallest absolute Gasteiger partial charge is 0.193 e. The van der Waals surface area contributed by atoms with Gasteiger partial charge in [-0.25, -0.2) is 0 Å². The van der Waals surface area contributed by atoms with Gasteiger partial charge in [0.2, 0.25) is 0 Å². The third-order valence-electron chi connectivity index (χ3n) is 5.52. The van der Waals surface area contributed by atoms with Crippen LogP contribution in [-0.2, 0) is 25.8 Å². The minimum Gasteiger partial charge on any atom is -0.390 e. The molecule has 28 heavy (non-hydrogen) atoms. The number of hydrogen-bond acceptors (Lipinski definition) is 3. The van der Waals surface area contributed by atoms with E-state index in [0.717, 1.165) is 31.6 Å². The van der Waals surface area contributed by atoms with Gasteiger partial charge < -0.3 is 16.2 Å². The summed E-state index contributed by atoms with van der Waals surface area (Å²) in [5.74, 6) is 0.357. The summed E-state index contributed by atoms with van der Waals surface area (Å²) in [6, 6.07) is 14.9. The third kappa shape index (κ3) is 5.24. The van der Waals surface area contributed by atoms with E-state index in [1.807, 2.05) is 6.07 Å². The van der Waals surface area contributed by atoms with E-state index in [-0.39, 0.29) is 24.0 Å². The summed E-state index contributed by atoms with van der Waals surface area (Å²) in [5.41, 5.74) is 12.6. The molecule has 0 saturated carbocycles. The Morgan fingerprint density at radius 3 is 2.68 bits per heavy atom. The van der Waals surface area contributed by atoms with Crippen molar-refractivity contribution in [1.82, 2.24) is 4.90 Å². The first kappa shape index (κ1) is 21.1. The number of aliphatic hydroxyl groups is 1. The van der Waals surface area contributed by atoms with Crippen LogP contribution in [-0.4, -0.2) is 41.7 Å². The fourth-order valence-electron chi connectivity index (χ4n) is 4.11. The van der Waals surface area contributed by atoms with Crippen LogP contribution in [0, 0.1) is 0 Å². The van der Waals surface area contributed by atoms with Crippen molar-refractivity contribution < 1.29 is 5.11 Å². The van der Waals surface area contributed by atoms with E-state index in [0.29, 0.717) is 19.0 Å². The lowest BCUT2D eigenvalue weighted by Gasteiger charge is -2.30. The maximum absolute atomic E-state index is 10.4. The third-order valence-corrected chi connectivity index (χ3v) is 5.52.